The molecule has 1 aliphatic rings. The second kappa shape index (κ2) is 3.21. The van der Waals surface area contributed by atoms with Crippen LogP contribution in [0.3, 0.4) is 0 Å². The van der Waals surface area contributed by atoms with E-state index in [-0.39, 0.29) is 0 Å². The molecule has 1 aliphatic carbocycles. The molecular formula is C10H15F. The minimum absolute atomic E-state index is 0.369. The van der Waals surface area contributed by atoms with Crippen LogP contribution in [0.25, 0.3) is 0 Å². The average molecular weight is 154 g/mol. The first-order chi connectivity index (χ1) is 5.11. The fraction of sp³-hybridized carbons (Fsp3) is 0.600. The van der Waals surface area contributed by atoms with Crippen molar-refractivity contribution in [2.45, 2.75) is 32.9 Å². The molecule has 1 heteroatoms. The summed E-state index contributed by atoms with van der Waals surface area (Å²) < 4.78 is 13.1. The van der Waals surface area contributed by atoms with Gasteiger partial charge in [-0.3, -0.25) is 0 Å². The van der Waals surface area contributed by atoms with Crippen molar-refractivity contribution in [2.75, 3.05) is 0 Å². The van der Waals surface area contributed by atoms with E-state index < -0.39 is 6.17 Å². The molecule has 1 rings (SSSR count). The van der Waals surface area contributed by atoms with Crippen molar-refractivity contribution in [3.8, 4) is 0 Å². The standard InChI is InChI=1S/C10H15F/c1-7(2)9-5-4-8(3)10(11)6-9/h4,9-10H,1,5-6H2,2-3H3. The van der Waals surface area contributed by atoms with E-state index in [1.165, 1.54) is 0 Å². The Morgan fingerprint density at radius 2 is 2.36 bits per heavy atom. The van der Waals surface area contributed by atoms with Gasteiger partial charge < -0.3 is 0 Å². The van der Waals surface area contributed by atoms with E-state index in [2.05, 4.69) is 6.58 Å². The molecular weight excluding hydrogens is 139 g/mol. The summed E-state index contributed by atoms with van der Waals surface area (Å²) in [4.78, 5) is 0. The SMILES string of the molecule is C=C(C)C1CC=C(C)C(F)C1. The smallest absolute Gasteiger partial charge is 0.121 e. The Labute approximate surface area is 67.8 Å². The molecule has 0 nitrogen and oxygen atoms in total. The first kappa shape index (κ1) is 8.51. The summed E-state index contributed by atoms with van der Waals surface area (Å²) in [6, 6.07) is 0. The van der Waals surface area contributed by atoms with Crippen LogP contribution >= 0.6 is 0 Å². The summed E-state index contributed by atoms with van der Waals surface area (Å²) in [7, 11) is 0. The molecule has 0 amide bonds. The van der Waals surface area contributed by atoms with Crippen molar-refractivity contribution in [1.82, 2.24) is 0 Å². The molecule has 0 aliphatic heterocycles. The molecule has 0 N–H and O–H groups in total. The molecule has 0 aromatic carbocycles. The third kappa shape index (κ3) is 1.92. The highest BCUT2D eigenvalue weighted by Gasteiger charge is 2.21. The lowest BCUT2D eigenvalue weighted by atomic mass is 9.85. The number of hydrogen-bond acceptors (Lipinski definition) is 0. The lowest BCUT2D eigenvalue weighted by molar-refractivity contribution is 0.307. The van der Waals surface area contributed by atoms with Crippen LogP contribution in [-0.2, 0) is 0 Å². The Hall–Kier alpha value is -0.590. The maximum absolute atomic E-state index is 13.1. The van der Waals surface area contributed by atoms with Crippen LogP contribution in [-0.4, -0.2) is 6.17 Å². The maximum atomic E-state index is 13.1. The van der Waals surface area contributed by atoms with Crippen LogP contribution in [0.4, 0.5) is 4.39 Å². The van der Waals surface area contributed by atoms with Crippen molar-refractivity contribution >= 4 is 0 Å². The molecule has 0 spiro atoms. The van der Waals surface area contributed by atoms with E-state index in [1.807, 2.05) is 19.9 Å². The van der Waals surface area contributed by atoms with Gasteiger partial charge >= 0.3 is 0 Å². The number of alkyl halides is 1. The maximum Gasteiger partial charge on any atom is 0.121 e. The number of hydrogen-bond donors (Lipinski definition) is 0. The molecule has 62 valence electrons. The molecule has 2 atom stereocenters. The van der Waals surface area contributed by atoms with Crippen molar-refractivity contribution in [3.63, 3.8) is 0 Å². The lowest BCUT2D eigenvalue weighted by Crippen LogP contribution is -2.16. The Bertz CT molecular complexity index is 191. The van der Waals surface area contributed by atoms with Crippen LogP contribution in [0.2, 0.25) is 0 Å². The number of rotatable bonds is 1. The quantitative estimate of drug-likeness (QED) is 0.508. The average Bonchev–Trinajstić information content (AvgIpc) is 1.94. The zero-order valence-electron chi connectivity index (χ0n) is 7.23. The minimum atomic E-state index is -0.731. The van der Waals surface area contributed by atoms with E-state index in [0.717, 1.165) is 17.6 Å². The highest BCUT2D eigenvalue weighted by atomic mass is 19.1. The first-order valence-electron chi connectivity index (χ1n) is 4.07. The van der Waals surface area contributed by atoms with E-state index in [1.54, 1.807) is 0 Å². The van der Waals surface area contributed by atoms with Gasteiger partial charge in [0, 0.05) is 0 Å². The fourth-order valence-electron chi connectivity index (χ4n) is 1.39. The van der Waals surface area contributed by atoms with Gasteiger partial charge in [0.2, 0.25) is 0 Å². The van der Waals surface area contributed by atoms with Gasteiger partial charge in [-0.1, -0.05) is 18.2 Å². The first-order valence-corrected chi connectivity index (χ1v) is 4.07. The molecule has 0 fully saturated rings. The van der Waals surface area contributed by atoms with Crippen LogP contribution in [0.1, 0.15) is 26.7 Å². The fourth-order valence-corrected chi connectivity index (χ4v) is 1.39. The lowest BCUT2D eigenvalue weighted by Gasteiger charge is -2.23. The second-order valence-electron chi connectivity index (χ2n) is 3.43. The summed E-state index contributed by atoms with van der Waals surface area (Å²) in [5.74, 6) is 0.369. The molecule has 0 saturated heterocycles. The van der Waals surface area contributed by atoms with Crippen LogP contribution < -0.4 is 0 Å². The van der Waals surface area contributed by atoms with Gasteiger partial charge in [0.05, 0.1) is 0 Å². The Morgan fingerprint density at radius 1 is 1.73 bits per heavy atom. The Balaban J connectivity index is 2.62. The van der Waals surface area contributed by atoms with Gasteiger partial charge in [-0.05, 0) is 38.2 Å². The van der Waals surface area contributed by atoms with Gasteiger partial charge in [-0.25, -0.2) is 4.39 Å². The monoisotopic (exact) mass is 154 g/mol. The molecule has 0 heterocycles. The molecule has 0 radical (unpaired) electrons. The van der Waals surface area contributed by atoms with Gasteiger partial charge in [-0.15, -0.1) is 0 Å². The molecule has 0 saturated carbocycles. The summed E-state index contributed by atoms with van der Waals surface area (Å²) in [6.45, 7) is 7.68. The van der Waals surface area contributed by atoms with Crippen molar-refractivity contribution < 1.29 is 4.39 Å². The predicted octanol–water partition coefficient (Wildman–Crippen LogP) is 3.26. The molecule has 0 aromatic rings. The van der Waals surface area contributed by atoms with Crippen LogP contribution in [0, 0.1) is 5.92 Å². The Kier molecular flexibility index (Phi) is 2.48. The predicted molar refractivity (Wildman–Crippen MR) is 46.2 cm³/mol. The van der Waals surface area contributed by atoms with Gasteiger partial charge in [-0.2, -0.15) is 0 Å². The third-order valence-electron chi connectivity index (χ3n) is 2.41. The molecule has 2 unspecified atom stereocenters. The van der Waals surface area contributed by atoms with Crippen LogP contribution in [0.15, 0.2) is 23.8 Å². The summed E-state index contributed by atoms with van der Waals surface area (Å²) in [5, 5.41) is 0. The Morgan fingerprint density at radius 3 is 2.82 bits per heavy atom. The van der Waals surface area contributed by atoms with Gasteiger partial charge in [0.15, 0.2) is 0 Å². The minimum Gasteiger partial charge on any atom is -0.243 e. The highest BCUT2D eigenvalue weighted by molar-refractivity contribution is 5.14. The van der Waals surface area contributed by atoms with Gasteiger partial charge in [0.25, 0.3) is 0 Å². The van der Waals surface area contributed by atoms with Crippen molar-refractivity contribution in [1.29, 1.82) is 0 Å². The molecule has 0 bridgehead atoms. The number of halogens is 1. The largest absolute Gasteiger partial charge is 0.243 e. The summed E-state index contributed by atoms with van der Waals surface area (Å²) >= 11 is 0. The highest BCUT2D eigenvalue weighted by Crippen LogP contribution is 2.29. The summed E-state index contributed by atoms with van der Waals surface area (Å²) in [6.07, 6.45) is 2.87. The molecule has 0 aromatic heterocycles. The third-order valence-corrected chi connectivity index (χ3v) is 2.41. The van der Waals surface area contributed by atoms with E-state index in [9.17, 15) is 4.39 Å². The summed E-state index contributed by atoms with van der Waals surface area (Å²) in [5.41, 5.74) is 2.00. The molecule has 11 heavy (non-hydrogen) atoms. The zero-order valence-corrected chi connectivity index (χ0v) is 7.23. The van der Waals surface area contributed by atoms with E-state index >= 15 is 0 Å². The second-order valence-corrected chi connectivity index (χ2v) is 3.43. The van der Waals surface area contributed by atoms with Crippen LogP contribution in [0.5, 0.6) is 0 Å². The topological polar surface area (TPSA) is 0 Å². The van der Waals surface area contributed by atoms with E-state index in [4.69, 9.17) is 0 Å². The normalized spacial score (nSPS) is 31.4. The van der Waals surface area contributed by atoms with Gasteiger partial charge in [0.1, 0.15) is 6.17 Å². The number of allylic oxidation sites excluding steroid dienone is 3. The van der Waals surface area contributed by atoms with E-state index in [0.29, 0.717) is 12.3 Å². The van der Waals surface area contributed by atoms with Crippen molar-refractivity contribution in [3.05, 3.63) is 23.8 Å². The van der Waals surface area contributed by atoms with Crippen molar-refractivity contribution in [2.24, 2.45) is 5.92 Å². The zero-order chi connectivity index (χ0) is 8.43.